The van der Waals surface area contributed by atoms with Gasteiger partial charge in [-0.05, 0) is 37.8 Å². The molecule has 3 aliphatic rings. The Morgan fingerprint density at radius 2 is 1.83 bits per heavy atom. The minimum absolute atomic E-state index is 0.00638. The number of hydrazine groups is 1. The maximum absolute atomic E-state index is 12.5. The molecule has 6 heteroatoms. The zero-order valence-corrected chi connectivity index (χ0v) is 13.6. The fourth-order valence-corrected chi connectivity index (χ4v) is 3.69. The maximum atomic E-state index is 12.5. The fraction of sp³-hybridized carbons (Fsp3) is 0.471. The first-order valence-electron chi connectivity index (χ1n) is 8.28. The molecule has 0 radical (unpaired) electrons. The molecular formula is C17H23N5O. The van der Waals surface area contributed by atoms with Crippen LogP contribution in [-0.4, -0.2) is 36.4 Å². The van der Waals surface area contributed by atoms with Crippen LogP contribution in [0.1, 0.15) is 24.0 Å². The van der Waals surface area contributed by atoms with Crippen LogP contribution in [0.25, 0.3) is 0 Å². The number of fused-ring (bicyclic) bond motifs is 1. The first-order valence-corrected chi connectivity index (χ1v) is 8.28. The molecule has 1 amide bonds. The second-order valence-electron chi connectivity index (χ2n) is 6.54. The summed E-state index contributed by atoms with van der Waals surface area (Å²) in [6.45, 7) is 6.24. The van der Waals surface area contributed by atoms with E-state index < -0.39 is 0 Å². The molecule has 2 atom stereocenters. The second kappa shape index (κ2) is 5.63. The van der Waals surface area contributed by atoms with Gasteiger partial charge in [0.15, 0.2) is 0 Å². The fourth-order valence-electron chi connectivity index (χ4n) is 3.69. The minimum Gasteiger partial charge on any atom is -0.324 e. The van der Waals surface area contributed by atoms with Gasteiger partial charge in [0.25, 0.3) is 5.91 Å². The molecule has 23 heavy (non-hydrogen) atoms. The highest BCUT2D eigenvalue weighted by Crippen LogP contribution is 2.28. The van der Waals surface area contributed by atoms with Gasteiger partial charge in [-0.25, -0.2) is 5.43 Å². The molecule has 3 aliphatic heterocycles. The minimum atomic E-state index is -0.145. The molecule has 2 saturated heterocycles. The lowest BCUT2D eigenvalue weighted by atomic mass is 10.1. The van der Waals surface area contributed by atoms with Crippen LogP contribution >= 0.6 is 0 Å². The quantitative estimate of drug-likeness (QED) is 0.758. The number of carbonyl (C=O) groups excluding carboxylic acids is 1. The van der Waals surface area contributed by atoms with E-state index in [2.05, 4.69) is 53.0 Å². The van der Waals surface area contributed by atoms with Gasteiger partial charge in [-0.1, -0.05) is 18.2 Å². The van der Waals surface area contributed by atoms with Crippen molar-refractivity contribution in [3.8, 4) is 0 Å². The van der Waals surface area contributed by atoms with Crippen molar-refractivity contribution in [2.75, 3.05) is 18.1 Å². The number of hydrogen-bond donors (Lipinski definition) is 3. The summed E-state index contributed by atoms with van der Waals surface area (Å²) in [5.74, 6) is 0.00638. The van der Waals surface area contributed by atoms with Crippen LogP contribution in [0.15, 0.2) is 30.0 Å². The Labute approximate surface area is 136 Å². The molecule has 122 valence electrons. The van der Waals surface area contributed by atoms with Crippen LogP contribution < -0.4 is 21.1 Å². The van der Waals surface area contributed by atoms with Crippen LogP contribution in [0, 0.1) is 13.8 Å². The number of rotatable bonds is 2. The number of para-hydroxylation sites is 1. The van der Waals surface area contributed by atoms with Crippen LogP contribution in [0.5, 0.6) is 0 Å². The van der Waals surface area contributed by atoms with Crippen molar-refractivity contribution in [1.29, 1.82) is 0 Å². The maximum Gasteiger partial charge on any atom is 0.254 e. The number of hydrogen-bond acceptors (Lipinski definition) is 5. The number of likely N-dealkylation sites (tertiary alicyclic amines) is 1. The average molecular weight is 313 g/mol. The van der Waals surface area contributed by atoms with Crippen LogP contribution in [0.3, 0.4) is 0 Å². The van der Waals surface area contributed by atoms with Crippen molar-refractivity contribution in [2.45, 2.75) is 39.1 Å². The molecule has 0 saturated carbocycles. The molecule has 3 N–H and O–H groups in total. The highest BCUT2D eigenvalue weighted by atomic mass is 16.2. The number of aryl methyl sites for hydroxylation is 2. The zero-order valence-electron chi connectivity index (χ0n) is 13.6. The normalized spacial score (nSPS) is 27.8. The monoisotopic (exact) mass is 313 g/mol. The average Bonchev–Trinajstić information content (AvgIpc) is 3.16. The zero-order chi connectivity index (χ0) is 16.0. The van der Waals surface area contributed by atoms with Crippen molar-refractivity contribution < 1.29 is 4.79 Å². The Hall–Kier alpha value is -1.89. The van der Waals surface area contributed by atoms with E-state index in [1.165, 1.54) is 24.0 Å². The molecular weight excluding hydrogens is 290 g/mol. The lowest BCUT2D eigenvalue weighted by molar-refractivity contribution is -0.121. The second-order valence-corrected chi connectivity index (χ2v) is 6.54. The van der Waals surface area contributed by atoms with Gasteiger partial charge < -0.3 is 5.32 Å². The Morgan fingerprint density at radius 1 is 1.13 bits per heavy atom. The van der Waals surface area contributed by atoms with Gasteiger partial charge in [0, 0.05) is 19.3 Å². The molecule has 4 rings (SSSR count). The number of amides is 1. The lowest BCUT2D eigenvalue weighted by Crippen LogP contribution is -2.66. The SMILES string of the molecule is Cc1cccc(C)c1N1C=C2C(=O)NC(N3CCCC3)NC2N1. The van der Waals surface area contributed by atoms with E-state index in [4.69, 9.17) is 0 Å². The van der Waals surface area contributed by atoms with Crippen molar-refractivity contribution in [3.63, 3.8) is 0 Å². The highest BCUT2D eigenvalue weighted by Gasteiger charge is 2.39. The van der Waals surface area contributed by atoms with Gasteiger partial charge in [0.1, 0.15) is 12.5 Å². The predicted molar refractivity (Wildman–Crippen MR) is 89.3 cm³/mol. The molecule has 2 unspecified atom stereocenters. The smallest absolute Gasteiger partial charge is 0.254 e. The van der Waals surface area contributed by atoms with Crippen LogP contribution in [0.2, 0.25) is 0 Å². The van der Waals surface area contributed by atoms with Crippen LogP contribution in [0.4, 0.5) is 5.69 Å². The summed E-state index contributed by atoms with van der Waals surface area (Å²) in [5.41, 5.74) is 7.64. The molecule has 2 fully saturated rings. The predicted octanol–water partition coefficient (Wildman–Crippen LogP) is 0.937. The Bertz CT molecular complexity index is 645. The third-order valence-corrected chi connectivity index (χ3v) is 4.89. The van der Waals surface area contributed by atoms with Crippen molar-refractivity contribution in [2.24, 2.45) is 0 Å². The lowest BCUT2D eigenvalue weighted by Gasteiger charge is -2.36. The van der Waals surface area contributed by atoms with Gasteiger partial charge in [0.2, 0.25) is 0 Å². The number of nitrogens with one attached hydrogen (secondary N) is 3. The number of nitrogens with zero attached hydrogens (tertiary/aromatic N) is 2. The van der Waals surface area contributed by atoms with Gasteiger partial charge in [-0.3, -0.25) is 20.0 Å². The Balaban J connectivity index is 1.57. The molecule has 0 spiro atoms. The van der Waals surface area contributed by atoms with Crippen molar-refractivity contribution >= 4 is 11.6 Å². The van der Waals surface area contributed by atoms with E-state index in [9.17, 15) is 4.79 Å². The van der Waals surface area contributed by atoms with Crippen LogP contribution in [-0.2, 0) is 4.79 Å². The van der Waals surface area contributed by atoms with E-state index >= 15 is 0 Å². The summed E-state index contributed by atoms with van der Waals surface area (Å²) in [6.07, 6.45) is 4.07. The first kappa shape index (κ1) is 14.7. The van der Waals surface area contributed by atoms with E-state index in [1.54, 1.807) is 0 Å². The Kier molecular flexibility index (Phi) is 3.60. The van der Waals surface area contributed by atoms with Gasteiger partial charge in [-0.15, -0.1) is 0 Å². The third kappa shape index (κ3) is 2.52. The summed E-state index contributed by atoms with van der Waals surface area (Å²) >= 11 is 0. The standard InChI is InChI=1S/C17H23N5O/c1-11-6-5-7-12(2)14(11)22-10-13-15(20-22)18-17(19-16(13)23)21-8-3-4-9-21/h5-7,10,15,17-18,20H,3-4,8-9H2,1-2H3,(H,19,23). The third-order valence-electron chi connectivity index (χ3n) is 4.89. The summed E-state index contributed by atoms with van der Waals surface area (Å²) in [4.78, 5) is 14.8. The molecule has 1 aromatic carbocycles. The Morgan fingerprint density at radius 3 is 2.52 bits per heavy atom. The molecule has 0 aromatic heterocycles. The van der Waals surface area contributed by atoms with Crippen molar-refractivity contribution in [1.82, 2.24) is 21.0 Å². The van der Waals surface area contributed by atoms with Gasteiger partial charge in [0.05, 0.1) is 11.3 Å². The van der Waals surface area contributed by atoms with E-state index in [-0.39, 0.29) is 18.4 Å². The molecule has 0 bridgehead atoms. The van der Waals surface area contributed by atoms with Gasteiger partial charge >= 0.3 is 0 Å². The number of benzene rings is 1. The largest absolute Gasteiger partial charge is 0.324 e. The first-order chi connectivity index (χ1) is 11.1. The molecule has 3 heterocycles. The van der Waals surface area contributed by atoms with E-state index in [0.717, 1.165) is 24.4 Å². The molecule has 6 nitrogen and oxygen atoms in total. The highest BCUT2D eigenvalue weighted by molar-refractivity contribution is 5.96. The summed E-state index contributed by atoms with van der Waals surface area (Å²) in [5, 5.41) is 8.55. The van der Waals surface area contributed by atoms with Crippen molar-refractivity contribution in [3.05, 3.63) is 41.1 Å². The molecule has 0 aliphatic carbocycles. The number of carbonyl (C=O) groups is 1. The van der Waals surface area contributed by atoms with Gasteiger partial charge in [-0.2, -0.15) is 0 Å². The summed E-state index contributed by atoms with van der Waals surface area (Å²) in [6, 6.07) is 6.23. The van der Waals surface area contributed by atoms with E-state index in [1.807, 2.05) is 11.2 Å². The summed E-state index contributed by atoms with van der Waals surface area (Å²) < 4.78 is 0. The topological polar surface area (TPSA) is 59.6 Å². The van der Waals surface area contributed by atoms with E-state index in [0.29, 0.717) is 0 Å². The number of anilines is 1. The summed E-state index contributed by atoms with van der Waals surface area (Å²) in [7, 11) is 0. The molecule has 1 aromatic rings.